The van der Waals surface area contributed by atoms with Gasteiger partial charge in [0, 0.05) is 11.9 Å². The highest BCUT2D eigenvalue weighted by atomic mass is 32.2. The Morgan fingerprint density at radius 2 is 2.07 bits per heavy atom. The normalized spacial score (nSPS) is 14.2. The molecule has 0 aliphatic carbocycles. The highest BCUT2D eigenvalue weighted by molar-refractivity contribution is 7.99. The lowest BCUT2D eigenvalue weighted by molar-refractivity contribution is -0.173. The first-order chi connectivity index (χ1) is 6.95. The summed E-state index contributed by atoms with van der Waals surface area (Å²) in [5.74, 6) is 0.818. The molecule has 0 aliphatic heterocycles. The summed E-state index contributed by atoms with van der Waals surface area (Å²) < 4.78 is 39.4. The lowest BCUT2D eigenvalue weighted by Crippen LogP contribution is -2.17. The van der Waals surface area contributed by atoms with Gasteiger partial charge in [-0.2, -0.15) is 24.9 Å². The van der Waals surface area contributed by atoms with E-state index in [1.807, 2.05) is 0 Å². The third-order valence-corrected chi connectivity index (χ3v) is 3.00. The highest BCUT2D eigenvalue weighted by Gasteiger charge is 2.27. The first-order valence-electron chi connectivity index (χ1n) is 4.92. The van der Waals surface area contributed by atoms with Crippen LogP contribution in [0.2, 0.25) is 0 Å². The second-order valence-electron chi connectivity index (χ2n) is 3.28. The minimum Gasteiger partial charge on any atom is -0.372 e. The zero-order valence-electron chi connectivity index (χ0n) is 8.85. The fourth-order valence-electron chi connectivity index (χ4n) is 0.951. The Balaban J connectivity index is 3.18. The topological polar surface area (TPSA) is 35.2 Å². The number of hydrogen-bond acceptors (Lipinski definition) is 3. The molecule has 0 aliphatic rings. The number of rotatable bonds is 8. The number of hydrogen-bond donors (Lipinski definition) is 1. The summed E-state index contributed by atoms with van der Waals surface area (Å²) in [4.78, 5) is 0. The Kier molecular flexibility index (Phi) is 8.27. The van der Waals surface area contributed by atoms with E-state index in [9.17, 15) is 13.2 Å². The first-order valence-corrected chi connectivity index (χ1v) is 5.96. The summed E-state index contributed by atoms with van der Waals surface area (Å²) in [5, 5.41) is 0.470. The molecule has 0 rings (SSSR count). The lowest BCUT2D eigenvalue weighted by atomic mass is 10.3. The summed E-state index contributed by atoms with van der Waals surface area (Å²) in [6.45, 7) is 1.74. The van der Waals surface area contributed by atoms with Crippen molar-refractivity contribution in [2.75, 3.05) is 25.5 Å². The maximum absolute atomic E-state index is 11.6. The van der Waals surface area contributed by atoms with Gasteiger partial charge in [0.15, 0.2) is 0 Å². The third kappa shape index (κ3) is 12.0. The van der Waals surface area contributed by atoms with E-state index in [4.69, 9.17) is 5.73 Å². The van der Waals surface area contributed by atoms with Crippen molar-refractivity contribution >= 4 is 11.8 Å². The summed E-state index contributed by atoms with van der Waals surface area (Å²) >= 11 is 1.72. The van der Waals surface area contributed by atoms with Gasteiger partial charge in [-0.15, -0.1) is 0 Å². The second kappa shape index (κ2) is 8.24. The van der Waals surface area contributed by atoms with Crippen LogP contribution < -0.4 is 5.73 Å². The molecule has 1 atom stereocenters. The molecule has 0 bridgehead atoms. The molecule has 2 N–H and O–H groups in total. The van der Waals surface area contributed by atoms with E-state index in [0.717, 1.165) is 12.2 Å². The van der Waals surface area contributed by atoms with Crippen molar-refractivity contribution in [3.8, 4) is 0 Å². The number of ether oxygens (including phenoxy) is 1. The smallest absolute Gasteiger partial charge is 0.372 e. The van der Waals surface area contributed by atoms with Crippen LogP contribution in [0.1, 0.15) is 19.8 Å². The molecule has 0 heterocycles. The second-order valence-corrected chi connectivity index (χ2v) is 4.83. The molecular weight excluding hydrogens is 227 g/mol. The van der Waals surface area contributed by atoms with Gasteiger partial charge in [-0.05, 0) is 25.1 Å². The predicted octanol–water partition coefficient (Wildman–Crippen LogP) is 2.43. The monoisotopic (exact) mass is 245 g/mol. The zero-order chi connectivity index (χ0) is 11.7. The minimum atomic E-state index is -4.21. The maximum atomic E-state index is 11.6. The molecule has 0 radical (unpaired) electrons. The first kappa shape index (κ1) is 15.1. The van der Waals surface area contributed by atoms with Crippen LogP contribution in [-0.2, 0) is 4.74 Å². The van der Waals surface area contributed by atoms with Gasteiger partial charge in [0.1, 0.15) is 6.61 Å². The van der Waals surface area contributed by atoms with Gasteiger partial charge < -0.3 is 10.5 Å². The van der Waals surface area contributed by atoms with Crippen LogP contribution in [0.25, 0.3) is 0 Å². The van der Waals surface area contributed by atoms with E-state index >= 15 is 0 Å². The molecule has 92 valence electrons. The number of nitrogens with two attached hydrogens (primary N) is 1. The molecule has 1 unspecified atom stereocenters. The van der Waals surface area contributed by atoms with Gasteiger partial charge in [-0.1, -0.05) is 6.92 Å². The van der Waals surface area contributed by atoms with E-state index in [-0.39, 0.29) is 6.61 Å². The van der Waals surface area contributed by atoms with Crippen LogP contribution in [0, 0.1) is 0 Å². The molecule has 6 heteroatoms. The van der Waals surface area contributed by atoms with Gasteiger partial charge >= 0.3 is 6.18 Å². The van der Waals surface area contributed by atoms with Crippen molar-refractivity contribution in [3.63, 3.8) is 0 Å². The summed E-state index contributed by atoms with van der Waals surface area (Å²) in [6.07, 6.45) is -2.62. The van der Waals surface area contributed by atoms with Crippen molar-refractivity contribution in [2.24, 2.45) is 5.73 Å². The van der Waals surface area contributed by atoms with E-state index in [1.165, 1.54) is 0 Å². The van der Waals surface area contributed by atoms with E-state index in [2.05, 4.69) is 11.7 Å². The van der Waals surface area contributed by atoms with Gasteiger partial charge in [-0.25, -0.2) is 0 Å². The Morgan fingerprint density at radius 1 is 1.40 bits per heavy atom. The third-order valence-electron chi connectivity index (χ3n) is 1.67. The Labute approximate surface area is 92.7 Å². The maximum Gasteiger partial charge on any atom is 0.411 e. The highest BCUT2D eigenvalue weighted by Crippen LogP contribution is 2.16. The fourth-order valence-corrected chi connectivity index (χ4v) is 1.94. The molecule has 2 nitrogen and oxygen atoms in total. The quantitative estimate of drug-likeness (QED) is 0.667. The molecule has 0 spiro atoms. The minimum absolute atomic E-state index is 0.169. The number of halogens is 3. The molecule has 0 saturated heterocycles. The Morgan fingerprint density at radius 3 is 2.60 bits per heavy atom. The van der Waals surface area contributed by atoms with E-state index in [0.29, 0.717) is 18.2 Å². The average molecular weight is 245 g/mol. The van der Waals surface area contributed by atoms with E-state index in [1.54, 1.807) is 11.8 Å². The molecule has 0 saturated carbocycles. The Bertz CT molecular complexity index is 155. The Hall–Kier alpha value is 0.0600. The van der Waals surface area contributed by atoms with Crippen molar-refractivity contribution < 1.29 is 17.9 Å². The standard InChI is InChI=1S/C9H18F3NOS/c1-8(3-4-13)15-6-2-5-14-7-9(10,11)12/h8H,2-7,13H2,1H3. The van der Waals surface area contributed by atoms with Crippen molar-refractivity contribution in [3.05, 3.63) is 0 Å². The van der Waals surface area contributed by atoms with Gasteiger partial charge in [0.05, 0.1) is 0 Å². The fraction of sp³-hybridized carbons (Fsp3) is 1.00. The molecular formula is C9H18F3NOS. The van der Waals surface area contributed by atoms with Gasteiger partial charge in [0.2, 0.25) is 0 Å². The average Bonchev–Trinajstić information content (AvgIpc) is 2.09. The SMILES string of the molecule is CC(CCN)SCCCOCC(F)(F)F. The number of thioether (sulfide) groups is 1. The van der Waals surface area contributed by atoms with Crippen LogP contribution in [0.15, 0.2) is 0 Å². The van der Waals surface area contributed by atoms with Crippen molar-refractivity contribution in [1.82, 2.24) is 0 Å². The van der Waals surface area contributed by atoms with Crippen LogP contribution in [0.5, 0.6) is 0 Å². The molecule has 0 fully saturated rings. The van der Waals surface area contributed by atoms with Crippen molar-refractivity contribution in [1.29, 1.82) is 0 Å². The summed E-state index contributed by atoms with van der Waals surface area (Å²) in [6, 6.07) is 0. The molecule has 0 aromatic rings. The van der Waals surface area contributed by atoms with Crippen LogP contribution >= 0.6 is 11.8 Å². The molecule has 0 amide bonds. The van der Waals surface area contributed by atoms with Gasteiger partial charge in [0.25, 0.3) is 0 Å². The van der Waals surface area contributed by atoms with Crippen LogP contribution in [0.4, 0.5) is 13.2 Å². The molecule has 15 heavy (non-hydrogen) atoms. The van der Waals surface area contributed by atoms with Crippen molar-refractivity contribution in [2.45, 2.75) is 31.2 Å². The molecule has 0 aromatic heterocycles. The van der Waals surface area contributed by atoms with Gasteiger partial charge in [-0.3, -0.25) is 0 Å². The van der Waals surface area contributed by atoms with Crippen LogP contribution in [0.3, 0.4) is 0 Å². The zero-order valence-corrected chi connectivity index (χ0v) is 9.66. The summed E-state index contributed by atoms with van der Waals surface area (Å²) in [7, 11) is 0. The van der Waals surface area contributed by atoms with E-state index < -0.39 is 12.8 Å². The lowest BCUT2D eigenvalue weighted by Gasteiger charge is -2.10. The molecule has 0 aromatic carbocycles. The largest absolute Gasteiger partial charge is 0.411 e. The predicted molar refractivity (Wildman–Crippen MR) is 57.1 cm³/mol. The summed E-state index contributed by atoms with van der Waals surface area (Å²) in [5.41, 5.74) is 5.37. The van der Waals surface area contributed by atoms with Crippen LogP contribution in [-0.4, -0.2) is 36.9 Å². The number of alkyl halides is 3.